The van der Waals surface area contributed by atoms with Crippen LogP contribution in [0.4, 0.5) is 0 Å². The molecule has 114 valence electrons. The maximum Gasteiger partial charge on any atom is 0.326 e. The highest BCUT2D eigenvalue weighted by Gasteiger charge is 2.30. The Morgan fingerprint density at radius 1 is 1.38 bits per heavy atom. The number of hydrogen-bond acceptors (Lipinski definition) is 3. The minimum absolute atomic E-state index is 0.217. The summed E-state index contributed by atoms with van der Waals surface area (Å²) in [7, 11) is 0. The number of nitrogens with one attached hydrogen (secondary N) is 2. The number of carbonyl (C=O) groups excluding carboxylic acids is 1. The van der Waals surface area contributed by atoms with Crippen LogP contribution in [0.1, 0.15) is 25.3 Å². The first kappa shape index (κ1) is 15.5. The van der Waals surface area contributed by atoms with Crippen LogP contribution in [0.15, 0.2) is 30.3 Å². The number of benzene rings is 1. The average Bonchev–Trinajstić information content (AvgIpc) is 2.48. The molecule has 0 spiro atoms. The lowest BCUT2D eigenvalue weighted by Crippen LogP contribution is -2.55. The quantitative estimate of drug-likeness (QED) is 0.761. The van der Waals surface area contributed by atoms with Gasteiger partial charge >= 0.3 is 5.97 Å². The molecule has 0 bridgehead atoms. The second-order valence-corrected chi connectivity index (χ2v) is 5.64. The molecule has 1 aliphatic rings. The summed E-state index contributed by atoms with van der Waals surface area (Å²) >= 11 is 0. The molecule has 1 fully saturated rings. The van der Waals surface area contributed by atoms with E-state index in [9.17, 15) is 14.7 Å². The summed E-state index contributed by atoms with van der Waals surface area (Å²) in [5.74, 6) is -0.994. The molecule has 5 nitrogen and oxygen atoms in total. The van der Waals surface area contributed by atoms with Crippen molar-refractivity contribution >= 4 is 11.9 Å². The third kappa shape index (κ3) is 4.29. The zero-order valence-corrected chi connectivity index (χ0v) is 12.2. The Morgan fingerprint density at radius 2 is 2.10 bits per heavy atom. The summed E-state index contributed by atoms with van der Waals surface area (Å²) in [4.78, 5) is 23.6. The van der Waals surface area contributed by atoms with Gasteiger partial charge in [0.1, 0.15) is 6.04 Å². The highest BCUT2D eigenvalue weighted by atomic mass is 16.4. The van der Waals surface area contributed by atoms with Crippen molar-refractivity contribution in [2.75, 3.05) is 6.54 Å². The zero-order chi connectivity index (χ0) is 15.2. The number of piperidine rings is 1. The standard InChI is InChI=1S/C16H22N2O3/c1-11-6-5-9-17-14(11)15(19)18-13(16(20)21)10-12-7-3-2-4-8-12/h2-4,7-8,11,13-14,17H,5-6,9-10H2,1H3,(H,18,19)(H,20,21). The van der Waals surface area contributed by atoms with E-state index in [1.165, 1.54) is 0 Å². The third-order valence-corrected chi connectivity index (χ3v) is 3.95. The maximum absolute atomic E-state index is 12.3. The van der Waals surface area contributed by atoms with Gasteiger partial charge in [0, 0.05) is 6.42 Å². The number of hydrogen-bond donors (Lipinski definition) is 3. The predicted octanol–water partition coefficient (Wildman–Crippen LogP) is 1.19. The number of carbonyl (C=O) groups is 2. The molecule has 1 aromatic carbocycles. The van der Waals surface area contributed by atoms with Crippen LogP contribution in [-0.4, -0.2) is 35.6 Å². The second-order valence-electron chi connectivity index (χ2n) is 5.64. The van der Waals surface area contributed by atoms with Gasteiger partial charge in [0.15, 0.2) is 0 Å². The molecule has 1 aromatic rings. The molecule has 1 aliphatic heterocycles. The monoisotopic (exact) mass is 290 g/mol. The Kier molecular flexibility index (Phi) is 5.33. The van der Waals surface area contributed by atoms with Crippen LogP contribution in [0, 0.1) is 5.92 Å². The Bertz CT molecular complexity index is 490. The van der Waals surface area contributed by atoms with Crippen molar-refractivity contribution in [2.45, 2.75) is 38.3 Å². The number of aliphatic carboxylic acids is 1. The van der Waals surface area contributed by atoms with Gasteiger partial charge in [0.2, 0.25) is 5.91 Å². The van der Waals surface area contributed by atoms with E-state index in [4.69, 9.17) is 0 Å². The van der Waals surface area contributed by atoms with Crippen molar-refractivity contribution in [1.82, 2.24) is 10.6 Å². The summed E-state index contributed by atoms with van der Waals surface area (Å²) in [6, 6.07) is 8.15. The SMILES string of the molecule is CC1CCCNC1C(=O)NC(Cc1ccccc1)C(=O)O. The fraction of sp³-hybridized carbons (Fsp3) is 0.500. The predicted molar refractivity (Wildman–Crippen MR) is 79.9 cm³/mol. The van der Waals surface area contributed by atoms with Gasteiger partial charge < -0.3 is 15.7 Å². The van der Waals surface area contributed by atoms with Crippen LogP contribution in [0.5, 0.6) is 0 Å². The topological polar surface area (TPSA) is 78.4 Å². The molecular formula is C16H22N2O3. The summed E-state index contributed by atoms with van der Waals surface area (Å²) < 4.78 is 0. The van der Waals surface area contributed by atoms with Crippen molar-refractivity contribution in [2.24, 2.45) is 5.92 Å². The molecule has 0 saturated carbocycles. The molecule has 1 amide bonds. The van der Waals surface area contributed by atoms with Crippen LogP contribution in [0.25, 0.3) is 0 Å². The average molecular weight is 290 g/mol. The molecule has 5 heteroatoms. The minimum atomic E-state index is -1.00. The Hall–Kier alpha value is -1.88. The fourth-order valence-electron chi connectivity index (χ4n) is 2.71. The van der Waals surface area contributed by atoms with Crippen molar-refractivity contribution in [3.8, 4) is 0 Å². The van der Waals surface area contributed by atoms with Crippen LogP contribution >= 0.6 is 0 Å². The molecular weight excluding hydrogens is 268 g/mol. The molecule has 0 aliphatic carbocycles. The Balaban J connectivity index is 1.99. The van der Waals surface area contributed by atoms with Gasteiger partial charge in [0.05, 0.1) is 6.04 Å². The summed E-state index contributed by atoms with van der Waals surface area (Å²) in [6.45, 7) is 2.82. The van der Waals surface area contributed by atoms with Crippen LogP contribution < -0.4 is 10.6 Å². The van der Waals surface area contributed by atoms with Gasteiger partial charge in [-0.15, -0.1) is 0 Å². The van der Waals surface area contributed by atoms with Crippen LogP contribution in [0.2, 0.25) is 0 Å². The lowest BCUT2D eigenvalue weighted by molar-refractivity contribution is -0.142. The third-order valence-electron chi connectivity index (χ3n) is 3.95. The van der Waals surface area contributed by atoms with E-state index in [1.807, 2.05) is 37.3 Å². The number of carboxylic acid groups (broad SMARTS) is 1. The first-order valence-electron chi connectivity index (χ1n) is 7.38. The molecule has 1 heterocycles. The molecule has 3 atom stereocenters. The number of carboxylic acids is 1. The second kappa shape index (κ2) is 7.22. The zero-order valence-electron chi connectivity index (χ0n) is 12.2. The van der Waals surface area contributed by atoms with E-state index in [-0.39, 0.29) is 17.9 Å². The van der Waals surface area contributed by atoms with Gasteiger partial charge in [-0.05, 0) is 30.9 Å². The van der Waals surface area contributed by atoms with E-state index in [2.05, 4.69) is 10.6 Å². The maximum atomic E-state index is 12.3. The highest BCUT2D eigenvalue weighted by molar-refractivity contribution is 5.87. The minimum Gasteiger partial charge on any atom is -0.480 e. The molecule has 3 unspecified atom stereocenters. The van der Waals surface area contributed by atoms with Gasteiger partial charge in [0.25, 0.3) is 0 Å². The van der Waals surface area contributed by atoms with Crippen LogP contribution in [0.3, 0.4) is 0 Å². The van der Waals surface area contributed by atoms with E-state index in [0.717, 1.165) is 24.9 Å². The van der Waals surface area contributed by atoms with Gasteiger partial charge in [-0.1, -0.05) is 37.3 Å². The lowest BCUT2D eigenvalue weighted by atomic mass is 9.92. The molecule has 3 N–H and O–H groups in total. The molecule has 0 radical (unpaired) electrons. The molecule has 0 aromatic heterocycles. The highest BCUT2D eigenvalue weighted by Crippen LogP contribution is 2.16. The summed E-state index contributed by atoms with van der Waals surface area (Å²) in [5, 5.41) is 15.1. The van der Waals surface area contributed by atoms with E-state index >= 15 is 0 Å². The van der Waals surface area contributed by atoms with Gasteiger partial charge in [-0.3, -0.25) is 4.79 Å². The Labute approximate surface area is 124 Å². The first-order chi connectivity index (χ1) is 10.1. The number of amides is 1. The summed E-state index contributed by atoms with van der Waals surface area (Å²) in [5.41, 5.74) is 0.898. The fourth-order valence-corrected chi connectivity index (χ4v) is 2.71. The first-order valence-corrected chi connectivity index (χ1v) is 7.38. The smallest absolute Gasteiger partial charge is 0.326 e. The number of rotatable bonds is 5. The van der Waals surface area contributed by atoms with Gasteiger partial charge in [-0.2, -0.15) is 0 Å². The molecule has 2 rings (SSSR count). The van der Waals surface area contributed by atoms with Crippen molar-refractivity contribution in [3.05, 3.63) is 35.9 Å². The van der Waals surface area contributed by atoms with Gasteiger partial charge in [-0.25, -0.2) is 4.79 Å². The van der Waals surface area contributed by atoms with E-state index in [1.54, 1.807) is 0 Å². The van der Waals surface area contributed by atoms with Crippen molar-refractivity contribution in [1.29, 1.82) is 0 Å². The lowest BCUT2D eigenvalue weighted by Gasteiger charge is -2.30. The molecule has 21 heavy (non-hydrogen) atoms. The largest absolute Gasteiger partial charge is 0.480 e. The van der Waals surface area contributed by atoms with Crippen LogP contribution in [-0.2, 0) is 16.0 Å². The van der Waals surface area contributed by atoms with Crippen molar-refractivity contribution < 1.29 is 14.7 Å². The Morgan fingerprint density at radius 3 is 2.71 bits per heavy atom. The molecule has 1 saturated heterocycles. The van der Waals surface area contributed by atoms with Crippen molar-refractivity contribution in [3.63, 3.8) is 0 Å². The normalized spacial score (nSPS) is 23.3. The van der Waals surface area contributed by atoms with E-state index in [0.29, 0.717) is 6.42 Å². The van der Waals surface area contributed by atoms with E-state index < -0.39 is 12.0 Å². The summed E-state index contributed by atoms with van der Waals surface area (Å²) in [6.07, 6.45) is 2.34.